The maximum Gasteiger partial charge on any atom is 0.147 e. The number of rotatable bonds is 4. The summed E-state index contributed by atoms with van der Waals surface area (Å²) in [6, 6.07) is 19.9. The molecule has 3 heteroatoms. The highest BCUT2D eigenvalue weighted by Gasteiger charge is 2.56. The quantitative estimate of drug-likeness (QED) is 0.879. The Morgan fingerprint density at radius 3 is 1.55 bits per heavy atom. The van der Waals surface area contributed by atoms with E-state index in [1.165, 1.54) is 0 Å². The van der Waals surface area contributed by atoms with Crippen LogP contribution >= 0.6 is 0 Å². The number of hydrogen-bond donors (Lipinski definition) is 1. The third-order valence-electron chi connectivity index (χ3n) is 4.56. The third-order valence-corrected chi connectivity index (χ3v) is 5.18. The standard InChI is InChI=1S/C19H26O2Si/c1-17(2,3)19(21-22,16-13-9-6-10-14-16)18(4,20)15-11-7-5-8-12-15/h5-14,20H,1-4,22H3. The molecule has 2 unspecified atom stereocenters. The van der Waals surface area contributed by atoms with Gasteiger partial charge in [0.1, 0.15) is 21.7 Å². The topological polar surface area (TPSA) is 29.5 Å². The summed E-state index contributed by atoms with van der Waals surface area (Å²) in [5.41, 5.74) is -0.365. The third kappa shape index (κ3) is 2.54. The first-order valence-electron chi connectivity index (χ1n) is 7.66. The second-order valence-corrected chi connectivity index (χ2v) is 7.35. The van der Waals surface area contributed by atoms with Gasteiger partial charge in [0, 0.05) is 0 Å². The molecule has 2 aromatic rings. The second-order valence-electron chi connectivity index (χ2n) is 6.94. The van der Waals surface area contributed by atoms with Crippen molar-refractivity contribution in [2.45, 2.75) is 38.9 Å². The monoisotopic (exact) mass is 314 g/mol. The van der Waals surface area contributed by atoms with E-state index in [0.29, 0.717) is 10.5 Å². The molecule has 2 nitrogen and oxygen atoms in total. The van der Waals surface area contributed by atoms with Crippen LogP contribution in [-0.2, 0) is 15.6 Å². The second kappa shape index (κ2) is 5.99. The first kappa shape index (κ1) is 16.9. The maximum atomic E-state index is 11.6. The Morgan fingerprint density at radius 1 is 0.773 bits per heavy atom. The Kier molecular flexibility index (Phi) is 4.61. The fourth-order valence-electron chi connectivity index (χ4n) is 3.71. The molecule has 0 saturated carbocycles. The van der Waals surface area contributed by atoms with E-state index in [-0.39, 0.29) is 5.41 Å². The molecule has 118 valence electrons. The molecule has 0 bridgehead atoms. The van der Waals surface area contributed by atoms with Crippen LogP contribution in [0.2, 0.25) is 0 Å². The fourth-order valence-corrected chi connectivity index (χ4v) is 4.95. The number of benzene rings is 2. The number of aliphatic hydroxyl groups is 1. The Balaban J connectivity index is 2.74. The molecule has 0 spiro atoms. The van der Waals surface area contributed by atoms with Crippen molar-refractivity contribution in [1.29, 1.82) is 0 Å². The van der Waals surface area contributed by atoms with Crippen molar-refractivity contribution in [3.05, 3.63) is 71.8 Å². The van der Waals surface area contributed by atoms with Crippen molar-refractivity contribution in [2.75, 3.05) is 0 Å². The van der Waals surface area contributed by atoms with Crippen LogP contribution < -0.4 is 0 Å². The van der Waals surface area contributed by atoms with Gasteiger partial charge in [-0.05, 0) is 23.5 Å². The molecule has 22 heavy (non-hydrogen) atoms. The molecule has 0 aromatic heterocycles. The lowest BCUT2D eigenvalue weighted by molar-refractivity contribution is -0.191. The average Bonchev–Trinajstić information content (AvgIpc) is 2.49. The van der Waals surface area contributed by atoms with Crippen LogP contribution in [0.15, 0.2) is 60.7 Å². The van der Waals surface area contributed by atoms with Crippen LogP contribution in [-0.4, -0.2) is 15.6 Å². The van der Waals surface area contributed by atoms with Crippen LogP contribution in [0, 0.1) is 5.41 Å². The highest BCUT2D eigenvalue weighted by atomic mass is 28.2. The molecule has 2 rings (SSSR count). The fraction of sp³-hybridized carbons (Fsp3) is 0.368. The highest BCUT2D eigenvalue weighted by molar-refractivity contribution is 5.98. The predicted molar refractivity (Wildman–Crippen MR) is 94.6 cm³/mol. The summed E-state index contributed by atoms with van der Waals surface area (Å²) in [5.74, 6) is 0. The van der Waals surface area contributed by atoms with E-state index in [4.69, 9.17) is 4.43 Å². The van der Waals surface area contributed by atoms with E-state index in [1.807, 2.05) is 67.6 Å². The molecule has 0 fully saturated rings. The van der Waals surface area contributed by atoms with Crippen LogP contribution in [0.1, 0.15) is 38.8 Å². The van der Waals surface area contributed by atoms with Gasteiger partial charge in [0.05, 0.1) is 0 Å². The van der Waals surface area contributed by atoms with E-state index in [9.17, 15) is 5.11 Å². The van der Waals surface area contributed by atoms with Gasteiger partial charge in [-0.3, -0.25) is 0 Å². The van der Waals surface area contributed by atoms with Crippen LogP contribution in [0.3, 0.4) is 0 Å². The minimum atomic E-state index is -1.14. The van der Waals surface area contributed by atoms with Crippen molar-refractivity contribution in [3.8, 4) is 0 Å². The summed E-state index contributed by atoms with van der Waals surface area (Å²) in [6.45, 7) is 8.22. The summed E-state index contributed by atoms with van der Waals surface area (Å²) in [5, 5.41) is 11.6. The molecule has 0 amide bonds. The maximum absolute atomic E-state index is 11.6. The Morgan fingerprint density at radius 2 is 1.18 bits per heavy atom. The lowest BCUT2D eigenvalue weighted by atomic mass is 9.61. The lowest BCUT2D eigenvalue weighted by Gasteiger charge is -2.53. The van der Waals surface area contributed by atoms with Crippen molar-refractivity contribution >= 4 is 10.5 Å². The summed E-state index contributed by atoms with van der Waals surface area (Å²) in [6.07, 6.45) is 0. The number of hydrogen-bond acceptors (Lipinski definition) is 2. The van der Waals surface area contributed by atoms with Gasteiger partial charge in [0.25, 0.3) is 0 Å². The summed E-state index contributed by atoms with van der Waals surface area (Å²) in [7, 11) is 0.534. The average molecular weight is 315 g/mol. The largest absolute Gasteiger partial charge is 0.415 e. The van der Waals surface area contributed by atoms with Crippen molar-refractivity contribution < 1.29 is 9.53 Å². The van der Waals surface area contributed by atoms with Gasteiger partial charge in [-0.2, -0.15) is 0 Å². The molecule has 0 aliphatic carbocycles. The zero-order valence-corrected chi connectivity index (χ0v) is 16.1. The van der Waals surface area contributed by atoms with Crippen molar-refractivity contribution in [2.24, 2.45) is 5.41 Å². The minimum Gasteiger partial charge on any atom is -0.415 e. The van der Waals surface area contributed by atoms with E-state index < -0.39 is 11.2 Å². The molecule has 0 heterocycles. The van der Waals surface area contributed by atoms with Gasteiger partial charge in [-0.25, -0.2) is 0 Å². The SMILES string of the molecule is CC(C)(C)C(O[SiH3])(c1ccccc1)C(C)(O)c1ccccc1. The van der Waals surface area contributed by atoms with Crippen LogP contribution in [0.5, 0.6) is 0 Å². The van der Waals surface area contributed by atoms with Crippen LogP contribution in [0.25, 0.3) is 0 Å². The molecule has 2 aromatic carbocycles. The van der Waals surface area contributed by atoms with Crippen LogP contribution in [0.4, 0.5) is 0 Å². The first-order chi connectivity index (χ1) is 10.3. The van der Waals surface area contributed by atoms with Gasteiger partial charge < -0.3 is 9.53 Å². The van der Waals surface area contributed by atoms with Gasteiger partial charge in [-0.15, -0.1) is 0 Å². The van der Waals surface area contributed by atoms with Crippen molar-refractivity contribution in [1.82, 2.24) is 0 Å². The normalized spacial score (nSPS) is 17.7. The molecular weight excluding hydrogens is 288 g/mol. The van der Waals surface area contributed by atoms with Gasteiger partial charge in [0.2, 0.25) is 0 Å². The highest BCUT2D eigenvalue weighted by Crippen LogP contribution is 2.53. The lowest BCUT2D eigenvalue weighted by Crippen LogP contribution is -2.57. The van der Waals surface area contributed by atoms with Gasteiger partial charge >= 0.3 is 0 Å². The summed E-state index contributed by atoms with van der Waals surface area (Å²) in [4.78, 5) is 0. The van der Waals surface area contributed by atoms with E-state index in [2.05, 4.69) is 20.8 Å². The Hall–Kier alpha value is -1.42. The van der Waals surface area contributed by atoms with Gasteiger partial charge in [0.15, 0.2) is 0 Å². The molecule has 0 saturated heterocycles. The zero-order valence-electron chi connectivity index (χ0n) is 14.1. The molecular formula is C19H26O2Si. The Labute approximate surface area is 136 Å². The van der Waals surface area contributed by atoms with E-state index >= 15 is 0 Å². The molecule has 0 aliphatic rings. The van der Waals surface area contributed by atoms with Gasteiger partial charge in [-0.1, -0.05) is 81.4 Å². The first-order valence-corrected chi connectivity index (χ1v) is 8.47. The molecule has 0 aliphatic heterocycles. The minimum absolute atomic E-state index is 0.282. The zero-order chi connectivity index (χ0) is 16.4. The summed E-state index contributed by atoms with van der Waals surface area (Å²) < 4.78 is 6.20. The summed E-state index contributed by atoms with van der Waals surface area (Å²) >= 11 is 0. The van der Waals surface area contributed by atoms with Crippen molar-refractivity contribution in [3.63, 3.8) is 0 Å². The molecule has 0 radical (unpaired) electrons. The van der Waals surface area contributed by atoms with E-state index in [1.54, 1.807) is 0 Å². The smallest absolute Gasteiger partial charge is 0.147 e. The molecule has 2 atom stereocenters. The molecule has 1 N–H and O–H groups in total. The predicted octanol–water partition coefficient (Wildman–Crippen LogP) is 3.13. The Bertz CT molecular complexity index is 602. The van der Waals surface area contributed by atoms with E-state index in [0.717, 1.165) is 11.1 Å².